The predicted molar refractivity (Wildman–Crippen MR) is 46.9 cm³/mol. The third-order valence-corrected chi connectivity index (χ3v) is 1.89. The van der Waals surface area contributed by atoms with Crippen LogP contribution in [0.15, 0.2) is 12.3 Å². The number of hydrogen-bond acceptors (Lipinski definition) is 1. The summed E-state index contributed by atoms with van der Waals surface area (Å²) in [6.45, 7) is 12.7. The fourth-order valence-electron chi connectivity index (χ4n) is 0.739. The van der Waals surface area contributed by atoms with E-state index >= 15 is 0 Å². The third kappa shape index (κ3) is 2.42. The van der Waals surface area contributed by atoms with E-state index in [-0.39, 0.29) is 0 Å². The average Bonchev–Trinajstić information content (AvgIpc) is 1.84. The Hall–Kier alpha value is -0.460. The molecular weight excluding hydrogens is 122 g/mol. The molecule has 0 aliphatic carbocycles. The molecule has 0 aliphatic heterocycles. The molecule has 0 saturated heterocycles. The summed E-state index contributed by atoms with van der Waals surface area (Å²) in [4.78, 5) is 2.21. The van der Waals surface area contributed by atoms with Crippen LogP contribution in [0.4, 0.5) is 0 Å². The fourth-order valence-corrected chi connectivity index (χ4v) is 0.739. The first-order chi connectivity index (χ1) is 4.46. The van der Waals surface area contributed by atoms with Gasteiger partial charge in [-0.15, -0.1) is 0 Å². The Labute approximate surface area is 64.7 Å². The van der Waals surface area contributed by atoms with Gasteiger partial charge in [-0.3, -0.25) is 0 Å². The topological polar surface area (TPSA) is 3.24 Å². The van der Waals surface area contributed by atoms with Gasteiger partial charge in [0, 0.05) is 18.8 Å². The largest absolute Gasteiger partial charge is 0.376 e. The van der Waals surface area contributed by atoms with E-state index in [9.17, 15) is 0 Å². The Morgan fingerprint density at radius 1 is 1.20 bits per heavy atom. The Balaban J connectivity index is 3.95. The van der Waals surface area contributed by atoms with E-state index in [1.165, 1.54) is 5.70 Å². The van der Waals surface area contributed by atoms with Crippen molar-refractivity contribution in [2.24, 2.45) is 5.92 Å². The zero-order valence-corrected chi connectivity index (χ0v) is 7.81. The highest BCUT2D eigenvalue weighted by Crippen LogP contribution is 2.12. The van der Waals surface area contributed by atoms with Crippen molar-refractivity contribution < 1.29 is 0 Å². The molecule has 10 heavy (non-hydrogen) atoms. The summed E-state index contributed by atoms with van der Waals surface area (Å²) in [5, 5.41) is 0. The van der Waals surface area contributed by atoms with Crippen molar-refractivity contribution in [3.63, 3.8) is 0 Å². The van der Waals surface area contributed by atoms with Crippen molar-refractivity contribution in [2.75, 3.05) is 7.05 Å². The Morgan fingerprint density at radius 2 is 1.60 bits per heavy atom. The molecule has 0 radical (unpaired) electrons. The van der Waals surface area contributed by atoms with E-state index in [4.69, 9.17) is 0 Å². The van der Waals surface area contributed by atoms with Crippen LogP contribution in [0.25, 0.3) is 0 Å². The zero-order chi connectivity index (χ0) is 8.31. The first-order valence-electron chi connectivity index (χ1n) is 3.88. The molecule has 0 fully saturated rings. The van der Waals surface area contributed by atoms with Crippen LogP contribution in [0.5, 0.6) is 0 Å². The van der Waals surface area contributed by atoms with Crippen LogP contribution in [0.3, 0.4) is 0 Å². The van der Waals surface area contributed by atoms with Crippen LogP contribution >= 0.6 is 0 Å². The van der Waals surface area contributed by atoms with Crippen LogP contribution in [0.2, 0.25) is 0 Å². The van der Waals surface area contributed by atoms with E-state index in [0.29, 0.717) is 12.0 Å². The van der Waals surface area contributed by atoms with Gasteiger partial charge in [-0.05, 0) is 19.8 Å². The molecule has 0 amide bonds. The quantitative estimate of drug-likeness (QED) is 0.583. The Morgan fingerprint density at radius 3 is 1.70 bits per heavy atom. The van der Waals surface area contributed by atoms with Crippen molar-refractivity contribution in [3.8, 4) is 0 Å². The molecule has 0 atom stereocenters. The molecule has 0 aliphatic rings. The highest BCUT2D eigenvalue weighted by atomic mass is 15.1. The molecule has 0 aromatic rings. The van der Waals surface area contributed by atoms with Crippen molar-refractivity contribution in [1.82, 2.24) is 4.90 Å². The molecule has 0 aromatic heterocycles. The van der Waals surface area contributed by atoms with Crippen molar-refractivity contribution in [3.05, 3.63) is 12.3 Å². The molecule has 0 rings (SSSR count). The van der Waals surface area contributed by atoms with Crippen LogP contribution < -0.4 is 0 Å². The summed E-state index contributed by atoms with van der Waals surface area (Å²) in [6.07, 6.45) is 0. The lowest BCUT2D eigenvalue weighted by molar-refractivity contribution is 0.314. The molecule has 0 bridgehead atoms. The standard InChI is InChI=1S/C9H19N/c1-7(2)9(5)10(6)8(3)4/h7-8H,5H2,1-4,6H3. The minimum absolute atomic E-state index is 0.562. The zero-order valence-electron chi connectivity index (χ0n) is 7.81. The van der Waals surface area contributed by atoms with Crippen molar-refractivity contribution in [1.29, 1.82) is 0 Å². The second kappa shape index (κ2) is 3.65. The highest BCUT2D eigenvalue weighted by Gasteiger charge is 2.08. The average molecular weight is 141 g/mol. The molecule has 0 saturated carbocycles. The molecular formula is C9H19N. The number of allylic oxidation sites excluding steroid dienone is 1. The third-order valence-electron chi connectivity index (χ3n) is 1.89. The summed E-state index contributed by atoms with van der Waals surface area (Å²) in [6, 6.07) is 0.565. The van der Waals surface area contributed by atoms with Crippen molar-refractivity contribution in [2.45, 2.75) is 33.7 Å². The van der Waals surface area contributed by atoms with Crippen LogP contribution in [0.1, 0.15) is 27.7 Å². The SMILES string of the molecule is C=C(C(C)C)N(C)C(C)C. The van der Waals surface area contributed by atoms with E-state index in [1.807, 2.05) is 0 Å². The van der Waals surface area contributed by atoms with Gasteiger partial charge in [0.25, 0.3) is 0 Å². The van der Waals surface area contributed by atoms with E-state index in [1.54, 1.807) is 0 Å². The van der Waals surface area contributed by atoms with Gasteiger partial charge in [-0.1, -0.05) is 20.4 Å². The summed E-state index contributed by atoms with van der Waals surface area (Å²) in [5.41, 5.74) is 1.22. The molecule has 1 nitrogen and oxygen atoms in total. The van der Waals surface area contributed by atoms with Gasteiger partial charge in [-0.2, -0.15) is 0 Å². The normalized spacial score (nSPS) is 10.7. The van der Waals surface area contributed by atoms with Gasteiger partial charge in [-0.25, -0.2) is 0 Å². The molecule has 0 heterocycles. The predicted octanol–water partition coefficient (Wildman–Crippen LogP) is 2.50. The first-order valence-corrected chi connectivity index (χ1v) is 3.88. The minimum Gasteiger partial charge on any atom is -0.376 e. The van der Waals surface area contributed by atoms with E-state index in [0.717, 1.165) is 0 Å². The molecule has 0 spiro atoms. The van der Waals surface area contributed by atoms with Crippen LogP contribution in [0, 0.1) is 5.92 Å². The van der Waals surface area contributed by atoms with Gasteiger partial charge in [0.2, 0.25) is 0 Å². The summed E-state index contributed by atoms with van der Waals surface area (Å²) in [7, 11) is 2.09. The van der Waals surface area contributed by atoms with E-state index in [2.05, 4.69) is 46.2 Å². The number of rotatable bonds is 3. The smallest absolute Gasteiger partial charge is 0.0227 e. The first kappa shape index (κ1) is 9.54. The monoisotopic (exact) mass is 141 g/mol. The second-order valence-electron chi connectivity index (χ2n) is 3.35. The second-order valence-corrected chi connectivity index (χ2v) is 3.35. The van der Waals surface area contributed by atoms with Gasteiger partial charge in [0.05, 0.1) is 0 Å². The van der Waals surface area contributed by atoms with E-state index < -0.39 is 0 Å². The van der Waals surface area contributed by atoms with Gasteiger partial charge < -0.3 is 4.90 Å². The maximum Gasteiger partial charge on any atom is 0.0227 e. The lowest BCUT2D eigenvalue weighted by Crippen LogP contribution is -2.27. The van der Waals surface area contributed by atoms with Gasteiger partial charge in [0.15, 0.2) is 0 Å². The molecule has 0 aromatic carbocycles. The van der Waals surface area contributed by atoms with Gasteiger partial charge in [0.1, 0.15) is 0 Å². The Bertz CT molecular complexity index is 114. The molecule has 1 heteroatoms. The van der Waals surface area contributed by atoms with Gasteiger partial charge >= 0.3 is 0 Å². The molecule has 0 unspecified atom stereocenters. The fraction of sp³-hybridized carbons (Fsp3) is 0.778. The lowest BCUT2D eigenvalue weighted by Gasteiger charge is -2.28. The highest BCUT2D eigenvalue weighted by molar-refractivity contribution is 4.96. The van der Waals surface area contributed by atoms with Crippen molar-refractivity contribution >= 4 is 0 Å². The summed E-state index contributed by atoms with van der Waals surface area (Å²) >= 11 is 0. The minimum atomic E-state index is 0.562. The lowest BCUT2D eigenvalue weighted by atomic mass is 10.1. The maximum absolute atomic E-state index is 4.00. The number of nitrogens with zero attached hydrogens (tertiary/aromatic N) is 1. The summed E-state index contributed by atoms with van der Waals surface area (Å²) < 4.78 is 0. The molecule has 0 N–H and O–H groups in total. The number of hydrogen-bond donors (Lipinski definition) is 0. The van der Waals surface area contributed by atoms with Crippen LogP contribution in [-0.4, -0.2) is 18.0 Å². The Kier molecular flexibility index (Phi) is 3.48. The summed E-state index contributed by atoms with van der Waals surface area (Å²) in [5.74, 6) is 0.562. The van der Waals surface area contributed by atoms with Crippen LogP contribution in [-0.2, 0) is 0 Å². The molecule has 60 valence electrons. The maximum atomic E-state index is 4.00.